The highest BCUT2D eigenvalue weighted by atomic mass is 16.2. The third kappa shape index (κ3) is 4.71. The van der Waals surface area contributed by atoms with E-state index in [4.69, 9.17) is 0 Å². The fraction of sp³-hybridized carbons (Fsp3) is 0.375. The first kappa shape index (κ1) is 20.9. The smallest absolute Gasteiger partial charge is 0.229 e. The molecule has 0 bridgehead atoms. The summed E-state index contributed by atoms with van der Waals surface area (Å²) in [6, 6.07) is 13.4. The molecule has 0 aromatic heterocycles. The highest BCUT2D eigenvalue weighted by Crippen LogP contribution is 2.29. The van der Waals surface area contributed by atoms with Crippen LogP contribution in [0.15, 0.2) is 42.5 Å². The summed E-state index contributed by atoms with van der Waals surface area (Å²) >= 11 is 0. The van der Waals surface area contributed by atoms with Crippen LogP contribution in [0.25, 0.3) is 0 Å². The minimum Gasteiger partial charge on any atom is -0.372 e. The average Bonchev–Trinajstić information content (AvgIpc) is 3.40. The maximum atomic E-state index is 12.9. The van der Waals surface area contributed by atoms with Crippen molar-refractivity contribution in [3.63, 3.8) is 0 Å². The van der Waals surface area contributed by atoms with Crippen LogP contribution in [-0.2, 0) is 14.4 Å². The third-order valence-electron chi connectivity index (χ3n) is 5.94. The first-order valence-electron chi connectivity index (χ1n) is 10.8. The lowest BCUT2D eigenvalue weighted by molar-refractivity contribution is -0.122. The molecule has 1 unspecified atom stereocenters. The summed E-state index contributed by atoms with van der Waals surface area (Å²) < 4.78 is 0. The van der Waals surface area contributed by atoms with Crippen LogP contribution < -0.4 is 20.4 Å². The first-order chi connectivity index (χ1) is 14.9. The van der Waals surface area contributed by atoms with Crippen LogP contribution in [0.4, 0.5) is 22.7 Å². The minimum atomic E-state index is -0.422. The van der Waals surface area contributed by atoms with Gasteiger partial charge in [-0.3, -0.25) is 14.4 Å². The Labute approximate surface area is 182 Å². The number of carbonyl (C=O) groups is 3. The van der Waals surface area contributed by atoms with E-state index in [-0.39, 0.29) is 24.1 Å². The van der Waals surface area contributed by atoms with Gasteiger partial charge >= 0.3 is 0 Å². The van der Waals surface area contributed by atoms with Crippen molar-refractivity contribution in [2.75, 3.05) is 40.1 Å². The van der Waals surface area contributed by atoms with Gasteiger partial charge < -0.3 is 20.4 Å². The van der Waals surface area contributed by atoms with Gasteiger partial charge in [-0.25, -0.2) is 0 Å². The SMILES string of the molecule is CC(=O)Nc1ccc(C)c(NC(=O)C2CC(=O)N(c3ccc(N4CCCC4)cc3)C2)c1. The van der Waals surface area contributed by atoms with Crippen LogP contribution >= 0.6 is 0 Å². The fourth-order valence-corrected chi connectivity index (χ4v) is 4.22. The molecular weight excluding hydrogens is 392 g/mol. The van der Waals surface area contributed by atoms with Crippen LogP contribution in [0.3, 0.4) is 0 Å². The number of nitrogens with one attached hydrogen (secondary N) is 2. The van der Waals surface area contributed by atoms with Crippen LogP contribution in [0.2, 0.25) is 0 Å². The van der Waals surface area contributed by atoms with Crippen molar-refractivity contribution in [3.05, 3.63) is 48.0 Å². The molecule has 2 saturated heterocycles. The highest BCUT2D eigenvalue weighted by Gasteiger charge is 2.35. The summed E-state index contributed by atoms with van der Waals surface area (Å²) in [6.07, 6.45) is 2.62. The van der Waals surface area contributed by atoms with Gasteiger partial charge in [-0.1, -0.05) is 6.07 Å². The Morgan fingerprint density at radius 1 is 0.968 bits per heavy atom. The van der Waals surface area contributed by atoms with Gasteiger partial charge in [0, 0.05) is 55.7 Å². The fourth-order valence-electron chi connectivity index (χ4n) is 4.22. The van der Waals surface area contributed by atoms with Gasteiger partial charge in [0.2, 0.25) is 17.7 Å². The average molecular weight is 421 g/mol. The third-order valence-corrected chi connectivity index (χ3v) is 5.94. The van der Waals surface area contributed by atoms with Gasteiger partial charge in [-0.2, -0.15) is 0 Å². The second kappa shape index (κ2) is 8.79. The summed E-state index contributed by atoms with van der Waals surface area (Å²) in [7, 11) is 0. The second-order valence-corrected chi connectivity index (χ2v) is 8.32. The van der Waals surface area contributed by atoms with E-state index in [0.29, 0.717) is 17.9 Å². The molecule has 2 fully saturated rings. The van der Waals surface area contributed by atoms with Crippen molar-refractivity contribution < 1.29 is 14.4 Å². The number of nitrogens with zero attached hydrogens (tertiary/aromatic N) is 2. The lowest BCUT2D eigenvalue weighted by atomic mass is 10.1. The van der Waals surface area contributed by atoms with Crippen molar-refractivity contribution in [2.45, 2.75) is 33.1 Å². The molecule has 7 heteroatoms. The zero-order chi connectivity index (χ0) is 22.0. The Morgan fingerprint density at radius 3 is 2.32 bits per heavy atom. The van der Waals surface area contributed by atoms with Gasteiger partial charge in [-0.05, 0) is 61.7 Å². The monoisotopic (exact) mass is 420 g/mol. The van der Waals surface area contributed by atoms with E-state index >= 15 is 0 Å². The zero-order valence-corrected chi connectivity index (χ0v) is 18.0. The van der Waals surface area contributed by atoms with Crippen LogP contribution in [0.1, 0.15) is 31.7 Å². The largest absolute Gasteiger partial charge is 0.372 e. The summed E-state index contributed by atoms with van der Waals surface area (Å²) in [6.45, 7) is 5.84. The lowest BCUT2D eigenvalue weighted by Crippen LogP contribution is -2.28. The van der Waals surface area contributed by atoms with E-state index in [1.54, 1.807) is 17.0 Å². The van der Waals surface area contributed by atoms with Crippen molar-refractivity contribution in [1.82, 2.24) is 0 Å². The van der Waals surface area contributed by atoms with Crippen molar-refractivity contribution in [1.29, 1.82) is 0 Å². The molecule has 2 aromatic rings. The van der Waals surface area contributed by atoms with E-state index < -0.39 is 5.92 Å². The van der Waals surface area contributed by atoms with Gasteiger partial charge in [0.05, 0.1) is 5.92 Å². The van der Waals surface area contributed by atoms with E-state index in [1.165, 1.54) is 25.5 Å². The number of hydrogen-bond donors (Lipinski definition) is 2. The topological polar surface area (TPSA) is 81.8 Å². The van der Waals surface area contributed by atoms with Crippen LogP contribution in [-0.4, -0.2) is 37.4 Å². The molecule has 2 aliphatic heterocycles. The van der Waals surface area contributed by atoms with E-state index in [1.807, 2.05) is 25.1 Å². The quantitative estimate of drug-likeness (QED) is 0.775. The normalized spacial score (nSPS) is 18.4. The predicted molar refractivity (Wildman–Crippen MR) is 122 cm³/mol. The predicted octanol–water partition coefficient (Wildman–Crippen LogP) is 3.55. The molecule has 0 radical (unpaired) electrons. The number of hydrogen-bond acceptors (Lipinski definition) is 4. The maximum absolute atomic E-state index is 12.9. The molecule has 31 heavy (non-hydrogen) atoms. The first-order valence-corrected chi connectivity index (χ1v) is 10.8. The molecule has 2 aromatic carbocycles. The molecule has 0 spiro atoms. The molecule has 2 N–H and O–H groups in total. The number of benzene rings is 2. The Hall–Kier alpha value is -3.35. The van der Waals surface area contributed by atoms with E-state index in [9.17, 15) is 14.4 Å². The van der Waals surface area contributed by atoms with Crippen LogP contribution in [0.5, 0.6) is 0 Å². The molecule has 3 amide bonds. The van der Waals surface area contributed by atoms with E-state index in [0.717, 1.165) is 24.3 Å². The maximum Gasteiger partial charge on any atom is 0.229 e. The molecule has 2 heterocycles. The van der Waals surface area contributed by atoms with Gasteiger partial charge in [0.15, 0.2) is 0 Å². The molecule has 1 atom stereocenters. The Kier molecular flexibility index (Phi) is 5.93. The Morgan fingerprint density at radius 2 is 1.65 bits per heavy atom. The summed E-state index contributed by atoms with van der Waals surface area (Å²) in [5.74, 6) is -0.825. The van der Waals surface area contributed by atoms with Gasteiger partial charge in [-0.15, -0.1) is 0 Å². The van der Waals surface area contributed by atoms with Crippen LogP contribution in [0, 0.1) is 12.8 Å². The molecule has 162 valence electrons. The molecule has 2 aliphatic rings. The van der Waals surface area contributed by atoms with Crippen molar-refractivity contribution >= 4 is 40.5 Å². The highest BCUT2D eigenvalue weighted by molar-refractivity contribution is 6.04. The number of amides is 3. The lowest BCUT2D eigenvalue weighted by Gasteiger charge is -2.21. The Bertz CT molecular complexity index is 996. The Balaban J connectivity index is 1.42. The standard InChI is InChI=1S/C24H28N4O3/c1-16-5-6-19(25-17(2)29)14-22(16)26-24(31)18-13-23(30)28(15-18)21-9-7-20(8-10-21)27-11-3-4-12-27/h5-10,14,18H,3-4,11-13,15H2,1-2H3,(H,25,29)(H,26,31). The molecule has 0 saturated carbocycles. The number of aryl methyl sites for hydroxylation is 1. The zero-order valence-electron chi connectivity index (χ0n) is 18.0. The second-order valence-electron chi connectivity index (χ2n) is 8.32. The molecule has 4 rings (SSSR count). The molecule has 0 aliphatic carbocycles. The molecular formula is C24H28N4O3. The van der Waals surface area contributed by atoms with Gasteiger partial charge in [0.1, 0.15) is 0 Å². The van der Waals surface area contributed by atoms with E-state index in [2.05, 4.69) is 27.7 Å². The van der Waals surface area contributed by atoms with Gasteiger partial charge in [0.25, 0.3) is 0 Å². The summed E-state index contributed by atoms with van der Waals surface area (Å²) in [5.41, 5.74) is 4.15. The number of rotatable bonds is 5. The van der Waals surface area contributed by atoms with Crippen molar-refractivity contribution in [2.24, 2.45) is 5.92 Å². The van der Waals surface area contributed by atoms with Crippen molar-refractivity contribution in [3.8, 4) is 0 Å². The number of anilines is 4. The molecule has 7 nitrogen and oxygen atoms in total. The minimum absolute atomic E-state index is 0.0437. The summed E-state index contributed by atoms with van der Waals surface area (Å²) in [4.78, 5) is 40.8. The number of carbonyl (C=O) groups excluding carboxylic acids is 3. The summed E-state index contributed by atoms with van der Waals surface area (Å²) in [5, 5.41) is 5.65.